The number of hydrogen-bond acceptors (Lipinski definition) is 5. The zero-order chi connectivity index (χ0) is 16.1. The maximum Gasteiger partial charge on any atom is 0.341 e. The summed E-state index contributed by atoms with van der Waals surface area (Å²) in [6, 6.07) is 5.70. The van der Waals surface area contributed by atoms with Crippen LogP contribution in [0, 0.1) is 6.92 Å². The van der Waals surface area contributed by atoms with Crippen LogP contribution in [0.2, 0.25) is 0 Å². The first-order valence-corrected chi connectivity index (χ1v) is 7.05. The fourth-order valence-corrected chi connectivity index (χ4v) is 2.15. The lowest BCUT2D eigenvalue weighted by Crippen LogP contribution is -2.13. The van der Waals surface area contributed by atoms with E-state index in [1.54, 1.807) is 6.92 Å². The molecule has 0 aliphatic rings. The second-order valence-electron chi connectivity index (χ2n) is 4.86. The van der Waals surface area contributed by atoms with Crippen LogP contribution in [0.1, 0.15) is 29.3 Å². The summed E-state index contributed by atoms with van der Waals surface area (Å²) in [5, 5.41) is 12.6. The monoisotopic (exact) mass is 302 g/mol. The second-order valence-corrected chi connectivity index (χ2v) is 4.86. The first-order chi connectivity index (χ1) is 10.5. The summed E-state index contributed by atoms with van der Waals surface area (Å²) < 4.78 is 5.04. The molecule has 22 heavy (non-hydrogen) atoms. The number of aryl methyl sites for hydroxylation is 1. The molecular weight excluding hydrogens is 284 g/mol. The normalized spacial score (nSPS) is 10.5. The number of aromatic nitrogens is 1. The predicted molar refractivity (Wildman–Crippen MR) is 83.2 cm³/mol. The Morgan fingerprint density at radius 2 is 2.14 bits per heavy atom. The Hall–Kier alpha value is -2.63. The Bertz CT molecular complexity index is 713. The first-order valence-electron chi connectivity index (χ1n) is 7.05. The van der Waals surface area contributed by atoms with Crippen molar-refractivity contribution in [2.75, 3.05) is 18.5 Å². The summed E-state index contributed by atoms with van der Waals surface area (Å²) in [5.74, 6) is -1.38. The van der Waals surface area contributed by atoms with E-state index in [-0.39, 0.29) is 19.6 Å². The van der Waals surface area contributed by atoms with Gasteiger partial charge in [-0.2, -0.15) is 0 Å². The predicted octanol–water partition coefficient (Wildman–Crippen LogP) is 2.61. The van der Waals surface area contributed by atoms with E-state index in [0.29, 0.717) is 11.3 Å². The number of benzene rings is 1. The molecule has 1 aromatic heterocycles. The number of hydrogen-bond donors (Lipinski definition) is 2. The number of rotatable bonds is 6. The number of ether oxygens (including phenoxy) is 1. The number of nitrogens with one attached hydrogen (secondary N) is 1. The van der Waals surface area contributed by atoms with Gasteiger partial charge in [0.1, 0.15) is 5.56 Å². The third-order valence-corrected chi connectivity index (χ3v) is 3.16. The summed E-state index contributed by atoms with van der Waals surface area (Å²) in [5.41, 5.74) is 2.63. The molecule has 116 valence electrons. The Labute approximate surface area is 128 Å². The number of fused-ring (bicyclic) bond motifs is 1. The van der Waals surface area contributed by atoms with E-state index in [2.05, 4.69) is 10.3 Å². The molecule has 2 rings (SSSR count). The molecule has 0 bridgehead atoms. The van der Waals surface area contributed by atoms with Crippen LogP contribution in [0.15, 0.2) is 24.4 Å². The first kappa shape index (κ1) is 15.8. The number of aliphatic carboxylic acids is 1. The van der Waals surface area contributed by atoms with Gasteiger partial charge in [0.25, 0.3) is 0 Å². The van der Waals surface area contributed by atoms with Crippen LogP contribution >= 0.6 is 0 Å². The van der Waals surface area contributed by atoms with Crippen LogP contribution in [0.4, 0.5) is 5.69 Å². The second kappa shape index (κ2) is 6.89. The van der Waals surface area contributed by atoms with Crippen LogP contribution in [-0.4, -0.2) is 35.2 Å². The molecule has 1 heterocycles. The van der Waals surface area contributed by atoms with Gasteiger partial charge in [-0.1, -0.05) is 11.6 Å². The van der Waals surface area contributed by atoms with Gasteiger partial charge in [-0.15, -0.1) is 0 Å². The van der Waals surface area contributed by atoms with Crippen molar-refractivity contribution in [2.45, 2.75) is 20.3 Å². The molecule has 0 aliphatic heterocycles. The van der Waals surface area contributed by atoms with Crippen molar-refractivity contribution in [1.82, 2.24) is 4.98 Å². The van der Waals surface area contributed by atoms with Crippen LogP contribution in [-0.2, 0) is 9.53 Å². The molecule has 0 aliphatic carbocycles. The van der Waals surface area contributed by atoms with Gasteiger partial charge in [-0.3, -0.25) is 9.78 Å². The summed E-state index contributed by atoms with van der Waals surface area (Å²) >= 11 is 0. The third kappa shape index (κ3) is 3.52. The molecular formula is C16H18N2O4. The minimum atomic E-state index is -0.903. The largest absolute Gasteiger partial charge is 0.481 e. The minimum Gasteiger partial charge on any atom is -0.481 e. The van der Waals surface area contributed by atoms with Gasteiger partial charge >= 0.3 is 11.9 Å². The smallest absolute Gasteiger partial charge is 0.341 e. The zero-order valence-electron chi connectivity index (χ0n) is 12.5. The highest BCUT2D eigenvalue weighted by molar-refractivity contribution is 6.05. The Kier molecular flexibility index (Phi) is 4.93. The van der Waals surface area contributed by atoms with Gasteiger partial charge in [0, 0.05) is 18.1 Å². The van der Waals surface area contributed by atoms with Gasteiger partial charge < -0.3 is 15.2 Å². The number of carboxylic acids is 1. The van der Waals surface area contributed by atoms with Crippen molar-refractivity contribution in [1.29, 1.82) is 0 Å². The zero-order valence-corrected chi connectivity index (χ0v) is 12.5. The fourth-order valence-electron chi connectivity index (χ4n) is 2.15. The van der Waals surface area contributed by atoms with E-state index in [0.717, 1.165) is 16.5 Å². The topological polar surface area (TPSA) is 88.5 Å². The molecule has 0 spiro atoms. The van der Waals surface area contributed by atoms with E-state index >= 15 is 0 Å². The van der Waals surface area contributed by atoms with Crippen molar-refractivity contribution in [2.24, 2.45) is 0 Å². The lowest BCUT2D eigenvalue weighted by molar-refractivity contribution is -0.136. The highest BCUT2D eigenvalue weighted by Crippen LogP contribution is 2.27. The Balaban J connectivity index is 2.48. The summed E-state index contributed by atoms with van der Waals surface area (Å²) in [4.78, 5) is 27.0. The maximum atomic E-state index is 12.1. The molecule has 0 atom stereocenters. The van der Waals surface area contributed by atoms with Crippen molar-refractivity contribution >= 4 is 28.5 Å². The highest BCUT2D eigenvalue weighted by Gasteiger charge is 2.16. The lowest BCUT2D eigenvalue weighted by Gasteiger charge is -2.14. The van der Waals surface area contributed by atoms with E-state index < -0.39 is 11.9 Å². The molecule has 0 radical (unpaired) electrons. The summed E-state index contributed by atoms with van der Waals surface area (Å²) in [6.45, 7) is 4.15. The van der Waals surface area contributed by atoms with Crippen LogP contribution < -0.4 is 5.32 Å². The fraction of sp³-hybridized carbons (Fsp3) is 0.312. The SMILES string of the molecule is CCOC(=O)c1cnc2ccc(C)cc2c1NCCC(=O)O. The van der Waals surface area contributed by atoms with E-state index in [4.69, 9.17) is 9.84 Å². The summed E-state index contributed by atoms with van der Waals surface area (Å²) in [6.07, 6.45) is 1.41. The highest BCUT2D eigenvalue weighted by atomic mass is 16.5. The molecule has 0 fully saturated rings. The van der Waals surface area contributed by atoms with E-state index in [9.17, 15) is 9.59 Å². The van der Waals surface area contributed by atoms with Crippen molar-refractivity contribution < 1.29 is 19.4 Å². The third-order valence-electron chi connectivity index (χ3n) is 3.16. The average Bonchev–Trinajstić information content (AvgIpc) is 2.47. The van der Waals surface area contributed by atoms with E-state index in [1.165, 1.54) is 6.20 Å². The molecule has 2 aromatic rings. The number of pyridine rings is 1. The van der Waals surface area contributed by atoms with Crippen molar-refractivity contribution in [3.8, 4) is 0 Å². The Morgan fingerprint density at radius 1 is 1.36 bits per heavy atom. The number of nitrogens with zero attached hydrogens (tertiary/aromatic N) is 1. The summed E-state index contributed by atoms with van der Waals surface area (Å²) in [7, 11) is 0. The van der Waals surface area contributed by atoms with Crippen molar-refractivity contribution in [3.63, 3.8) is 0 Å². The van der Waals surface area contributed by atoms with Crippen LogP contribution in [0.25, 0.3) is 10.9 Å². The average molecular weight is 302 g/mol. The van der Waals surface area contributed by atoms with Gasteiger partial charge in [-0.05, 0) is 26.0 Å². The molecule has 0 saturated heterocycles. The van der Waals surface area contributed by atoms with Crippen molar-refractivity contribution in [3.05, 3.63) is 35.5 Å². The van der Waals surface area contributed by atoms with E-state index in [1.807, 2.05) is 25.1 Å². The maximum absolute atomic E-state index is 12.1. The quantitative estimate of drug-likeness (QED) is 0.797. The Morgan fingerprint density at radius 3 is 2.82 bits per heavy atom. The molecule has 0 amide bonds. The molecule has 0 saturated carbocycles. The number of carbonyl (C=O) groups excluding carboxylic acids is 1. The molecule has 6 nitrogen and oxygen atoms in total. The number of carboxylic acid groups (broad SMARTS) is 1. The van der Waals surface area contributed by atoms with Gasteiger partial charge in [0.15, 0.2) is 0 Å². The van der Waals surface area contributed by atoms with Gasteiger partial charge in [-0.25, -0.2) is 4.79 Å². The number of anilines is 1. The number of esters is 1. The standard InChI is InChI=1S/C16H18N2O4/c1-3-22-16(21)12-9-18-13-5-4-10(2)8-11(13)15(12)17-7-6-14(19)20/h4-5,8-9H,3,6-7H2,1-2H3,(H,17,18)(H,19,20). The van der Waals surface area contributed by atoms with Crippen LogP contribution in [0.5, 0.6) is 0 Å². The minimum absolute atomic E-state index is 0.0438. The molecule has 0 unspecified atom stereocenters. The molecule has 2 N–H and O–H groups in total. The van der Waals surface area contributed by atoms with Crippen LogP contribution in [0.3, 0.4) is 0 Å². The van der Waals surface area contributed by atoms with Gasteiger partial charge in [0.05, 0.1) is 24.2 Å². The van der Waals surface area contributed by atoms with Gasteiger partial charge in [0.2, 0.25) is 0 Å². The lowest BCUT2D eigenvalue weighted by atomic mass is 10.1. The molecule has 1 aromatic carbocycles. The molecule has 6 heteroatoms. The number of carbonyl (C=O) groups is 2.